The van der Waals surface area contributed by atoms with Gasteiger partial charge in [-0.25, -0.2) is 0 Å². The van der Waals surface area contributed by atoms with Crippen molar-refractivity contribution in [1.82, 2.24) is 4.37 Å². The van der Waals surface area contributed by atoms with Crippen LogP contribution in [0.5, 0.6) is 5.75 Å². The van der Waals surface area contributed by atoms with Crippen LogP contribution >= 0.6 is 11.5 Å². The molecule has 2 rings (SSSR count). The topological polar surface area (TPSA) is 22.1 Å². The molecule has 0 aliphatic rings. The minimum atomic E-state index is 0.851. The van der Waals surface area contributed by atoms with Gasteiger partial charge in [0.25, 0.3) is 0 Å². The van der Waals surface area contributed by atoms with E-state index in [1.54, 1.807) is 7.11 Å². The Hall–Kier alpha value is -1.09. The van der Waals surface area contributed by atoms with E-state index in [0.29, 0.717) is 0 Å². The molecule has 1 aromatic heterocycles. The fourth-order valence-electron chi connectivity index (χ4n) is 1.03. The van der Waals surface area contributed by atoms with Crippen molar-refractivity contribution in [2.45, 2.75) is 0 Å². The van der Waals surface area contributed by atoms with Crippen LogP contribution in [0, 0.1) is 0 Å². The quantitative estimate of drug-likeness (QED) is 0.646. The van der Waals surface area contributed by atoms with E-state index in [9.17, 15) is 0 Å². The Labute approximate surface area is 68.6 Å². The number of nitrogens with zero attached hydrogens (tertiary/aromatic N) is 1. The second-order valence-electron chi connectivity index (χ2n) is 2.21. The maximum atomic E-state index is 5.13. The van der Waals surface area contributed by atoms with Gasteiger partial charge in [0.05, 0.1) is 7.11 Å². The molecule has 0 aliphatic carbocycles. The molecule has 0 saturated carbocycles. The molecule has 0 saturated heterocycles. The van der Waals surface area contributed by atoms with Crippen molar-refractivity contribution in [2.24, 2.45) is 0 Å². The van der Waals surface area contributed by atoms with Gasteiger partial charge in [0.15, 0.2) is 0 Å². The highest BCUT2D eigenvalue weighted by Gasteiger charge is 2.00. The van der Waals surface area contributed by atoms with Crippen LogP contribution in [0.3, 0.4) is 0 Å². The average Bonchev–Trinajstić information content (AvgIpc) is 2.50. The summed E-state index contributed by atoms with van der Waals surface area (Å²) in [5.41, 5.74) is 0.958. The minimum Gasteiger partial charge on any atom is -0.494 e. The minimum absolute atomic E-state index is 0.851. The smallest absolute Gasteiger partial charge is 0.146 e. The van der Waals surface area contributed by atoms with Crippen molar-refractivity contribution in [3.63, 3.8) is 0 Å². The van der Waals surface area contributed by atoms with Crippen LogP contribution in [0.1, 0.15) is 0 Å². The molecule has 0 atom stereocenters. The molecular formula is C8H7NOS. The molecule has 0 radical (unpaired) electrons. The summed E-state index contributed by atoms with van der Waals surface area (Å²) in [6.45, 7) is 0. The summed E-state index contributed by atoms with van der Waals surface area (Å²) >= 11 is 1.45. The first-order valence-electron chi connectivity index (χ1n) is 3.29. The van der Waals surface area contributed by atoms with E-state index in [0.717, 1.165) is 16.7 Å². The predicted octanol–water partition coefficient (Wildman–Crippen LogP) is 2.30. The number of rotatable bonds is 1. The number of benzene rings is 1. The van der Waals surface area contributed by atoms with Crippen molar-refractivity contribution >= 4 is 22.4 Å². The van der Waals surface area contributed by atoms with Gasteiger partial charge in [-0.3, -0.25) is 0 Å². The first-order chi connectivity index (χ1) is 5.42. The van der Waals surface area contributed by atoms with Crippen LogP contribution in [0.15, 0.2) is 23.6 Å². The molecule has 1 aromatic carbocycles. The van der Waals surface area contributed by atoms with Gasteiger partial charge in [-0.05, 0) is 17.6 Å². The third kappa shape index (κ3) is 0.973. The average molecular weight is 165 g/mol. The zero-order chi connectivity index (χ0) is 7.68. The van der Waals surface area contributed by atoms with Gasteiger partial charge in [0, 0.05) is 10.8 Å². The molecular weight excluding hydrogens is 158 g/mol. The zero-order valence-electron chi connectivity index (χ0n) is 6.07. The van der Waals surface area contributed by atoms with Crippen LogP contribution in [0.25, 0.3) is 10.9 Å². The molecule has 3 heteroatoms. The Bertz CT molecular complexity index is 369. The van der Waals surface area contributed by atoms with E-state index < -0.39 is 0 Å². The molecule has 0 aliphatic heterocycles. The van der Waals surface area contributed by atoms with Gasteiger partial charge in [0.1, 0.15) is 11.3 Å². The number of hydrogen-bond donors (Lipinski definition) is 0. The van der Waals surface area contributed by atoms with E-state index in [4.69, 9.17) is 4.74 Å². The highest BCUT2D eigenvalue weighted by atomic mass is 32.1. The molecule has 11 heavy (non-hydrogen) atoms. The van der Waals surface area contributed by atoms with Crippen molar-refractivity contribution < 1.29 is 4.74 Å². The van der Waals surface area contributed by atoms with Crippen LogP contribution in [-0.2, 0) is 0 Å². The highest BCUT2D eigenvalue weighted by molar-refractivity contribution is 7.04. The zero-order valence-corrected chi connectivity index (χ0v) is 6.89. The Morgan fingerprint density at radius 2 is 2.36 bits per heavy atom. The summed E-state index contributed by atoms with van der Waals surface area (Å²) < 4.78 is 9.34. The number of methoxy groups -OCH3 is 1. The van der Waals surface area contributed by atoms with E-state index >= 15 is 0 Å². The fourth-order valence-corrected chi connectivity index (χ4v) is 1.69. The van der Waals surface area contributed by atoms with Crippen LogP contribution in [0.4, 0.5) is 0 Å². The molecule has 0 bridgehead atoms. The van der Waals surface area contributed by atoms with E-state index in [2.05, 4.69) is 4.37 Å². The maximum absolute atomic E-state index is 5.13. The largest absolute Gasteiger partial charge is 0.494 e. The number of aromatic nitrogens is 1. The SMILES string of the molecule is COc1cccc2csnc12. The highest BCUT2D eigenvalue weighted by Crippen LogP contribution is 2.24. The molecule has 0 N–H and O–H groups in total. The first-order valence-corrected chi connectivity index (χ1v) is 4.12. The summed E-state index contributed by atoms with van der Waals surface area (Å²) in [5, 5.41) is 3.16. The van der Waals surface area contributed by atoms with Crippen molar-refractivity contribution in [1.29, 1.82) is 0 Å². The third-order valence-corrected chi connectivity index (χ3v) is 2.22. The second-order valence-corrected chi connectivity index (χ2v) is 2.84. The van der Waals surface area contributed by atoms with Crippen molar-refractivity contribution in [3.05, 3.63) is 23.6 Å². The summed E-state index contributed by atoms with van der Waals surface area (Å²) in [5.74, 6) is 0.851. The Morgan fingerprint density at radius 1 is 1.45 bits per heavy atom. The number of fused-ring (bicyclic) bond motifs is 1. The molecule has 0 amide bonds. The molecule has 2 nitrogen and oxygen atoms in total. The van der Waals surface area contributed by atoms with Gasteiger partial charge >= 0.3 is 0 Å². The lowest BCUT2D eigenvalue weighted by molar-refractivity contribution is 0.419. The molecule has 56 valence electrons. The van der Waals surface area contributed by atoms with Crippen molar-refractivity contribution in [3.8, 4) is 5.75 Å². The van der Waals surface area contributed by atoms with Gasteiger partial charge in [-0.1, -0.05) is 12.1 Å². The first kappa shape index (κ1) is 6.61. The molecule has 1 heterocycles. The summed E-state index contributed by atoms with van der Waals surface area (Å²) in [4.78, 5) is 0. The normalized spacial score (nSPS) is 10.3. The van der Waals surface area contributed by atoms with Gasteiger partial charge < -0.3 is 4.74 Å². The number of ether oxygens (including phenoxy) is 1. The van der Waals surface area contributed by atoms with Gasteiger partial charge in [-0.15, -0.1) is 0 Å². The molecule has 0 unspecified atom stereocenters. The lowest BCUT2D eigenvalue weighted by Gasteiger charge is -1.97. The Morgan fingerprint density at radius 3 is 3.18 bits per heavy atom. The summed E-state index contributed by atoms with van der Waals surface area (Å²) in [7, 11) is 1.66. The predicted molar refractivity (Wildman–Crippen MR) is 46.2 cm³/mol. The number of hydrogen-bond acceptors (Lipinski definition) is 3. The second kappa shape index (κ2) is 2.51. The lowest BCUT2D eigenvalue weighted by atomic mass is 10.2. The maximum Gasteiger partial charge on any atom is 0.146 e. The van der Waals surface area contributed by atoms with Crippen LogP contribution < -0.4 is 4.74 Å². The Balaban J connectivity index is 2.79. The molecule has 0 spiro atoms. The van der Waals surface area contributed by atoms with E-state index in [1.165, 1.54) is 11.5 Å². The van der Waals surface area contributed by atoms with Gasteiger partial charge in [0.2, 0.25) is 0 Å². The van der Waals surface area contributed by atoms with E-state index in [1.807, 2.05) is 23.6 Å². The molecule has 2 aromatic rings. The van der Waals surface area contributed by atoms with E-state index in [-0.39, 0.29) is 0 Å². The van der Waals surface area contributed by atoms with Crippen molar-refractivity contribution in [2.75, 3.05) is 7.11 Å². The van der Waals surface area contributed by atoms with Crippen LogP contribution in [-0.4, -0.2) is 11.5 Å². The summed E-state index contributed by atoms with van der Waals surface area (Å²) in [6, 6.07) is 5.92. The lowest BCUT2D eigenvalue weighted by Crippen LogP contribution is -1.82. The van der Waals surface area contributed by atoms with Crippen LogP contribution in [0.2, 0.25) is 0 Å². The Kier molecular flexibility index (Phi) is 1.51. The van der Waals surface area contributed by atoms with Gasteiger partial charge in [-0.2, -0.15) is 4.37 Å². The monoisotopic (exact) mass is 165 g/mol. The fraction of sp³-hybridized carbons (Fsp3) is 0.125. The third-order valence-electron chi connectivity index (χ3n) is 1.57. The molecule has 0 fully saturated rings. The standard InChI is InChI=1S/C8H7NOS/c1-10-7-4-2-3-6-5-11-9-8(6)7/h2-5H,1H3. The summed E-state index contributed by atoms with van der Waals surface area (Å²) in [6.07, 6.45) is 0.